The van der Waals surface area contributed by atoms with Gasteiger partial charge in [0.25, 0.3) is 0 Å². The van der Waals surface area contributed by atoms with Crippen molar-refractivity contribution in [2.24, 2.45) is 0 Å². The third-order valence-corrected chi connectivity index (χ3v) is 3.46. The van der Waals surface area contributed by atoms with Crippen molar-refractivity contribution in [1.82, 2.24) is 4.90 Å². The molecule has 7 heteroatoms. The molecule has 0 atom stereocenters. The van der Waals surface area contributed by atoms with E-state index in [4.69, 9.17) is 26.7 Å². The highest BCUT2D eigenvalue weighted by Crippen LogP contribution is 2.29. The standard InChI is InChI=1S/C13H14ClN3O3/c14-12-10(8-17-1-3-20-4-2-17)5-9(7-15)6-11(12)16-13(18)19/h5-6,16H,1-4,8H2,(H,18,19). The van der Waals surface area contributed by atoms with Gasteiger partial charge in [-0.15, -0.1) is 0 Å². The van der Waals surface area contributed by atoms with E-state index in [9.17, 15) is 4.79 Å². The Morgan fingerprint density at radius 3 is 2.80 bits per heavy atom. The molecular formula is C13H14ClN3O3. The van der Waals surface area contributed by atoms with Crippen LogP contribution < -0.4 is 5.32 Å². The monoisotopic (exact) mass is 295 g/mol. The van der Waals surface area contributed by atoms with Gasteiger partial charge in [0, 0.05) is 19.6 Å². The van der Waals surface area contributed by atoms with Crippen LogP contribution >= 0.6 is 11.6 Å². The second-order valence-corrected chi connectivity index (χ2v) is 4.81. The van der Waals surface area contributed by atoms with Crippen LogP contribution in [0.3, 0.4) is 0 Å². The Morgan fingerprint density at radius 2 is 2.20 bits per heavy atom. The van der Waals surface area contributed by atoms with Crippen LogP contribution in [0.4, 0.5) is 10.5 Å². The van der Waals surface area contributed by atoms with Crippen LogP contribution in [0.2, 0.25) is 5.02 Å². The molecular weight excluding hydrogens is 282 g/mol. The number of nitrogens with one attached hydrogen (secondary N) is 1. The fraction of sp³-hybridized carbons (Fsp3) is 0.385. The average Bonchev–Trinajstić information content (AvgIpc) is 2.43. The summed E-state index contributed by atoms with van der Waals surface area (Å²) >= 11 is 6.21. The topological polar surface area (TPSA) is 85.6 Å². The van der Waals surface area contributed by atoms with E-state index in [1.807, 2.05) is 6.07 Å². The van der Waals surface area contributed by atoms with Crippen molar-refractivity contribution < 1.29 is 14.6 Å². The van der Waals surface area contributed by atoms with Crippen molar-refractivity contribution in [2.75, 3.05) is 31.6 Å². The number of benzene rings is 1. The van der Waals surface area contributed by atoms with Gasteiger partial charge < -0.3 is 9.84 Å². The van der Waals surface area contributed by atoms with Crippen molar-refractivity contribution in [3.05, 3.63) is 28.3 Å². The van der Waals surface area contributed by atoms with Gasteiger partial charge in [0.1, 0.15) is 0 Å². The Morgan fingerprint density at radius 1 is 1.50 bits per heavy atom. The lowest BCUT2D eigenvalue weighted by Gasteiger charge is -2.27. The summed E-state index contributed by atoms with van der Waals surface area (Å²) in [5, 5.41) is 20.4. The number of morpholine rings is 1. The zero-order valence-corrected chi connectivity index (χ0v) is 11.5. The van der Waals surface area contributed by atoms with Crippen molar-refractivity contribution in [2.45, 2.75) is 6.54 Å². The number of carbonyl (C=O) groups is 1. The zero-order chi connectivity index (χ0) is 14.5. The maximum Gasteiger partial charge on any atom is 0.409 e. The minimum absolute atomic E-state index is 0.237. The summed E-state index contributed by atoms with van der Waals surface area (Å²) in [6.07, 6.45) is -1.21. The number of halogens is 1. The first kappa shape index (κ1) is 14.6. The fourth-order valence-corrected chi connectivity index (χ4v) is 2.29. The molecule has 1 aromatic rings. The molecule has 1 fully saturated rings. The van der Waals surface area contributed by atoms with Crippen molar-refractivity contribution >= 4 is 23.4 Å². The first-order chi connectivity index (χ1) is 9.60. The molecule has 0 radical (unpaired) electrons. The van der Waals surface area contributed by atoms with E-state index in [-0.39, 0.29) is 5.69 Å². The summed E-state index contributed by atoms with van der Waals surface area (Å²) in [5.74, 6) is 0. The van der Waals surface area contributed by atoms with Gasteiger partial charge in [-0.3, -0.25) is 10.2 Å². The van der Waals surface area contributed by atoms with Gasteiger partial charge in [-0.1, -0.05) is 11.6 Å². The van der Waals surface area contributed by atoms with E-state index >= 15 is 0 Å². The lowest BCUT2D eigenvalue weighted by atomic mass is 10.1. The Hall–Kier alpha value is -1.81. The molecule has 1 aromatic carbocycles. The highest BCUT2D eigenvalue weighted by molar-refractivity contribution is 6.34. The molecule has 1 aliphatic heterocycles. The van der Waals surface area contributed by atoms with Gasteiger partial charge in [-0.25, -0.2) is 4.79 Å². The number of nitriles is 1. The first-order valence-electron chi connectivity index (χ1n) is 6.12. The molecule has 2 N–H and O–H groups in total. The van der Waals surface area contributed by atoms with E-state index in [1.54, 1.807) is 6.07 Å². The number of rotatable bonds is 3. The third-order valence-electron chi connectivity index (χ3n) is 3.02. The van der Waals surface area contributed by atoms with Crippen LogP contribution in [0, 0.1) is 11.3 Å². The van der Waals surface area contributed by atoms with Gasteiger partial charge in [-0.2, -0.15) is 5.26 Å². The molecule has 0 spiro atoms. The zero-order valence-electron chi connectivity index (χ0n) is 10.7. The minimum Gasteiger partial charge on any atom is -0.465 e. The van der Waals surface area contributed by atoms with E-state index in [0.717, 1.165) is 18.7 Å². The molecule has 1 heterocycles. The Balaban J connectivity index is 2.26. The first-order valence-corrected chi connectivity index (χ1v) is 6.50. The summed E-state index contributed by atoms with van der Waals surface area (Å²) in [6, 6.07) is 5.13. The maximum atomic E-state index is 10.7. The van der Waals surface area contributed by atoms with Gasteiger partial charge in [0.2, 0.25) is 0 Å². The molecule has 1 aliphatic rings. The second kappa shape index (κ2) is 6.57. The highest BCUT2D eigenvalue weighted by Gasteiger charge is 2.16. The Labute approximate surface area is 121 Å². The molecule has 0 aromatic heterocycles. The molecule has 106 valence electrons. The number of amides is 1. The van der Waals surface area contributed by atoms with Crippen LogP contribution in [0.1, 0.15) is 11.1 Å². The Kier molecular flexibility index (Phi) is 4.79. The van der Waals surface area contributed by atoms with Crippen LogP contribution in [-0.4, -0.2) is 42.4 Å². The van der Waals surface area contributed by atoms with Crippen LogP contribution in [0.5, 0.6) is 0 Å². The Bertz CT molecular complexity index is 551. The lowest BCUT2D eigenvalue weighted by molar-refractivity contribution is 0.0342. The molecule has 0 bridgehead atoms. The number of nitrogens with zero attached hydrogens (tertiary/aromatic N) is 2. The number of hydrogen-bond acceptors (Lipinski definition) is 4. The fourth-order valence-electron chi connectivity index (χ4n) is 2.07. The minimum atomic E-state index is -1.21. The normalized spacial score (nSPS) is 15.6. The van der Waals surface area contributed by atoms with Crippen LogP contribution in [-0.2, 0) is 11.3 Å². The molecule has 6 nitrogen and oxygen atoms in total. The molecule has 1 saturated heterocycles. The highest BCUT2D eigenvalue weighted by atomic mass is 35.5. The molecule has 1 amide bonds. The number of hydrogen-bond donors (Lipinski definition) is 2. The number of anilines is 1. The SMILES string of the molecule is N#Cc1cc(CN2CCOCC2)c(Cl)c(NC(=O)O)c1. The summed E-state index contributed by atoms with van der Waals surface area (Å²) < 4.78 is 5.27. The van der Waals surface area contributed by atoms with Gasteiger partial charge in [0.15, 0.2) is 0 Å². The van der Waals surface area contributed by atoms with E-state index in [2.05, 4.69) is 10.2 Å². The number of carboxylic acid groups (broad SMARTS) is 1. The van der Waals surface area contributed by atoms with Crippen molar-refractivity contribution in [3.8, 4) is 6.07 Å². The van der Waals surface area contributed by atoms with E-state index in [1.165, 1.54) is 6.07 Å². The lowest BCUT2D eigenvalue weighted by Crippen LogP contribution is -2.35. The van der Waals surface area contributed by atoms with E-state index in [0.29, 0.717) is 30.3 Å². The quantitative estimate of drug-likeness (QED) is 0.892. The third kappa shape index (κ3) is 3.61. The number of ether oxygens (including phenoxy) is 1. The summed E-state index contributed by atoms with van der Waals surface area (Å²) in [5.41, 5.74) is 1.35. The molecule has 0 aliphatic carbocycles. The molecule has 2 rings (SSSR count). The molecule has 0 unspecified atom stereocenters. The predicted molar refractivity (Wildman–Crippen MR) is 73.9 cm³/mol. The maximum absolute atomic E-state index is 10.7. The summed E-state index contributed by atoms with van der Waals surface area (Å²) in [4.78, 5) is 12.9. The van der Waals surface area contributed by atoms with Crippen LogP contribution in [0.15, 0.2) is 12.1 Å². The van der Waals surface area contributed by atoms with Gasteiger partial charge >= 0.3 is 6.09 Å². The summed E-state index contributed by atoms with van der Waals surface area (Å²) in [6.45, 7) is 3.46. The van der Waals surface area contributed by atoms with Crippen LogP contribution in [0.25, 0.3) is 0 Å². The molecule has 0 saturated carbocycles. The smallest absolute Gasteiger partial charge is 0.409 e. The largest absolute Gasteiger partial charge is 0.465 e. The average molecular weight is 296 g/mol. The van der Waals surface area contributed by atoms with E-state index < -0.39 is 6.09 Å². The molecule has 20 heavy (non-hydrogen) atoms. The van der Waals surface area contributed by atoms with Gasteiger partial charge in [0.05, 0.1) is 35.6 Å². The van der Waals surface area contributed by atoms with Crippen molar-refractivity contribution in [3.63, 3.8) is 0 Å². The van der Waals surface area contributed by atoms with Gasteiger partial charge in [-0.05, 0) is 17.7 Å². The second-order valence-electron chi connectivity index (χ2n) is 4.43. The van der Waals surface area contributed by atoms with Crippen molar-refractivity contribution in [1.29, 1.82) is 5.26 Å². The predicted octanol–water partition coefficient (Wildman–Crippen LogP) is 2.13. The summed E-state index contributed by atoms with van der Waals surface area (Å²) in [7, 11) is 0.